The molecule has 0 saturated carbocycles. The van der Waals surface area contributed by atoms with E-state index in [2.05, 4.69) is 24.9 Å². The van der Waals surface area contributed by atoms with Crippen LogP contribution >= 0.6 is 0 Å². The lowest BCUT2D eigenvalue weighted by atomic mass is 10.1. The van der Waals surface area contributed by atoms with Gasteiger partial charge in [-0.3, -0.25) is 4.72 Å². The van der Waals surface area contributed by atoms with E-state index in [0.29, 0.717) is 16.4 Å². The van der Waals surface area contributed by atoms with E-state index in [9.17, 15) is 8.42 Å². The summed E-state index contributed by atoms with van der Waals surface area (Å²) in [6.45, 7) is 9.53. The molecule has 1 fully saturated rings. The summed E-state index contributed by atoms with van der Waals surface area (Å²) in [4.78, 5) is 11.6. The topological polar surface area (TPSA) is 87.2 Å². The highest BCUT2D eigenvalue weighted by molar-refractivity contribution is 7.92. The molecule has 7 nitrogen and oxygen atoms in total. The van der Waals surface area contributed by atoms with Crippen LogP contribution in [0.1, 0.15) is 35.4 Å². The van der Waals surface area contributed by atoms with Gasteiger partial charge in [-0.05, 0) is 75.9 Å². The monoisotopic (exact) mass is 451 g/mol. The summed E-state index contributed by atoms with van der Waals surface area (Å²) in [6.07, 6.45) is 2.37. The Kier molecular flexibility index (Phi) is 6.06. The van der Waals surface area contributed by atoms with Gasteiger partial charge < -0.3 is 10.2 Å². The standard InChI is InChI=1S/C24H29N5O2S/c1-16-13-17(2)24(18(3)14-16)32(30,31)28-21-9-7-20(8-10-21)27-22-15-23(26-19(4)25-22)29-11-5-6-12-29/h7-10,13-15,28H,5-6,11-12H2,1-4H3,(H,25,26,27). The maximum Gasteiger partial charge on any atom is 0.262 e. The minimum atomic E-state index is -3.68. The van der Waals surface area contributed by atoms with Gasteiger partial charge in [0.2, 0.25) is 0 Å². The van der Waals surface area contributed by atoms with E-state index in [0.717, 1.165) is 47.1 Å². The van der Waals surface area contributed by atoms with Crippen LogP contribution in [0.3, 0.4) is 0 Å². The Morgan fingerprint density at radius 3 is 2.06 bits per heavy atom. The molecule has 0 atom stereocenters. The Hall–Kier alpha value is -3.13. The fourth-order valence-corrected chi connectivity index (χ4v) is 5.80. The van der Waals surface area contributed by atoms with E-state index in [1.807, 2.05) is 58.0 Å². The van der Waals surface area contributed by atoms with E-state index in [1.54, 1.807) is 12.1 Å². The molecule has 1 aromatic heterocycles. The summed E-state index contributed by atoms with van der Waals surface area (Å²) in [5.74, 6) is 2.37. The molecule has 8 heteroatoms. The van der Waals surface area contributed by atoms with Gasteiger partial charge in [0.05, 0.1) is 4.90 Å². The van der Waals surface area contributed by atoms with Gasteiger partial charge in [0.1, 0.15) is 17.5 Å². The predicted molar refractivity (Wildman–Crippen MR) is 129 cm³/mol. The average Bonchev–Trinajstić information content (AvgIpc) is 3.23. The zero-order valence-electron chi connectivity index (χ0n) is 18.9. The first-order valence-corrected chi connectivity index (χ1v) is 12.3. The van der Waals surface area contributed by atoms with Crippen LogP contribution in [-0.4, -0.2) is 31.5 Å². The molecule has 168 valence electrons. The van der Waals surface area contributed by atoms with Crippen LogP contribution in [0.2, 0.25) is 0 Å². The number of nitrogens with one attached hydrogen (secondary N) is 2. The molecule has 1 aliphatic heterocycles. The lowest BCUT2D eigenvalue weighted by Gasteiger charge is -2.18. The van der Waals surface area contributed by atoms with Crippen LogP contribution in [0.5, 0.6) is 0 Å². The van der Waals surface area contributed by atoms with Crippen molar-refractivity contribution in [2.24, 2.45) is 0 Å². The third-order valence-corrected chi connectivity index (χ3v) is 7.22. The second kappa shape index (κ2) is 8.78. The highest BCUT2D eigenvalue weighted by atomic mass is 32.2. The van der Waals surface area contributed by atoms with Crippen LogP contribution in [-0.2, 0) is 10.0 Å². The molecular weight excluding hydrogens is 422 g/mol. The quantitative estimate of drug-likeness (QED) is 0.557. The van der Waals surface area contributed by atoms with E-state index >= 15 is 0 Å². The van der Waals surface area contributed by atoms with E-state index in [4.69, 9.17) is 0 Å². The zero-order valence-corrected chi connectivity index (χ0v) is 19.8. The summed E-state index contributed by atoms with van der Waals surface area (Å²) < 4.78 is 28.7. The van der Waals surface area contributed by atoms with Crippen molar-refractivity contribution >= 4 is 33.0 Å². The van der Waals surface area contributed by atoms with Gasteiger partial charge in [0.15, 0.2) is 0 Å². The van der Waals surface area contributed by atoms with Crippen molar-refractivity contribution in [3.63, 3.8) is 0 Å². The number of hydrogen-bond donors (Lipinski definition) is 2. The number of hydrogen-bond acceptors (Lipinski definition) is 6. The lowest BCUT2D eigenvalue weighted by molar-refractivity contribution is 0.600. The van der Waals surface area contributed by atoms with Crippen molar-refractivity contribution in [2.75, 3.05) is 28.0 Å². The van der Waals surface area contributed by atoms with Crippen molar-refractivity contribution in [2.45, 2.75) is 45.4 Å². The van der Waals surface area contributed by atoms with E-state index in [1.165, 1.54) is 12.8 Å². The Balaban J connectivity index is 1.50. The Morgan fingerprint density at radius 2 is 1.44 bits per heavy atom. The van der Waals surface area contributed by atoms with Gasteiger partial charge in [-0.2, -0.15) is 0 Å². The molecule has 2 N–H and O–H groups in total. The molecule has 32 heavy (non-hydrogen) atoms. The third kappa shape index (κ3) is 4.85. The van der Waals surface area contributed by atoms with Crippen molar-refractivity contribution in [1.82, 2.24) is 9.97 Å². The van der Waals surface area contributed by atoms with Gasteiger partial charge in [-0.25, -0.2) is 18.4 Å². The highest BCUT2D eigenvalue weighted by Gasteiger charge is 2.20. The molecule has 0 unspecified atom stereocenters. The molecule has 2 aromatic carbocycles. The summed E-state index contributed by atoms with van der Waals surface area (Å²) in [5.41, 5.74) is 3.84. The molecule has 0 spiro atoms. The van der Waals surface area contributed by atoms with Crippen molar-refractivity contribution in [3.05, 3.63) is 65.0 Å². The number of anilines is 4. The fourth-order valence-electron chi connectivity index (χ4n) is 4.29. The first-order valence-electron chi connectivity index (χ1n) is 10.8. The fraction of sp³-hybridized carbons (Fsp3) is 0.333. The number of rotatable bonds is 6. The Bertz CT molecular complexity index is 1210. The van der Waals surface area contributed by atoms with Crippen LogP contribution < -0.4 is 14.9 Å². The maximum absolute atomic E-state index is 13.0. The normalized spacial score (nSPS) is 13.9. The summed E-state index contributed by atoms with van der Waals surface area (Å²) in [5, 5.41) is 3.30. The number of nitrogens with zero attached hydrogens (tertiary/aromatic N) is 3. The number of aromatic nitrogens is 2. The highest BCUT2D eigenvalue weighted by Crippen LogP contribution is 2.26. The van der Waals surface area contributed by atoms with Gasteiger partial charge in [-0.1, -0.05) is 17.7 Å². The summed E-state index contributed by atoms with van der Waals surface area (Å²) >= 11 is 0. The first kappa shape index (κ1) is 22.1. The van der Waals surface area contributed by atoms with Crippen LogP contribution in [0, 0.1) is 27.7 Å². The molecule has 4 rings (SSSR count). The smallest absolute Gasteiger partial charge is 0.262 e. The van der Waals surface area contributed by atoms with Crippen LogP contribution in [0.15, 0.2) is 47.4 Å². The third-order valence-electron chi connectivity index (χ3n) is 5.54. The summed E-state index contributed by atoms with van der Waals surface area (Å²) in [6, 6.07) is 12.9. The van der Waals surface area contributed by atoms with Crippen LogP contribution in [0.25, 0.3) is 0 Å². The predicted octanol–water partition coefficient (Wildman–Crippen LogP) is 4.85. The number of aryl methyl sites for hydroxylation is 4. The van der Waals surface area contributed by atoms with Gasteiger partial charge >= 0.3 is 0 Å². The second-order valence-corrected chi connectivity index (χ2v) is 10.0. The first-order chi connectivity index (χ1) is 15.2. The van der Waals surface area contributed by atoms with Crippen LogP contribution in [0.4, 0.5) is 23.0 Å². The molecule has 0 radical (unpaired) electrons. The van der Waals surface area contributed by atoms with Crippen molar-refractivity contribution in [3.8, 4) is 0 Å². The average molecular weight is 452 g/mol. The van der Waals surface area contributed by atoms with Crippen molar-refractivity contribution in [1.29, 1.82) is 0 Å². The number of benzene rings is 2. The zero-order chi connectivity index (χ0) is 22.9. The molecular formula is C24H29N5O2S. The van der Waals surface area contributed by atoms with E-state index < -0.39 is 10.0 Å². The van der Waals surface area contributed by atoms with Gasteiger partial charge in [0, 0.05) is 30.5 Å². The van der Waals surface area contributed by atoms with Gasteiger partial charge in [-0.15, -0.1) is 0 Å². The molecule has 2 heterocycles. The maximum atomic E-state index is 13.0. The molecule has 0 aliphatic carbocycles. The minimum absolute atomic E-state index is 0.330. The SMILES string of the molecule is Cc1cc(C)c(S(=O)(=O)Nc2ccc(Nc3cc(N4CCCC4)nc(C)n3)cc2)c(C)c1. The minimum Gasteiger partial charge on any atom is -0.356 e. The van der Waals surface area contributed by atoms with Gasteiger partial charge in [0.25, 0.3) is 10.0 Å². The molecule has 0 bridgehead atoms. The number of sulfonamides is 1. The van der Waals surface area contributed by atoms with E-state index in [-0.39, 0.29) is 0 Å². The van der Waals surface area contributed by atoms with Crippen molar-refractivity contribution < 1.29 is 8.42 Å². The molecule has 1 saturated heterocycles. The molecule has 0 amide bonds. The molecule has 3 aromatic rings. The largest absolute Gasteiger partial charge is 0.356 e. The lowest BCUT2D eigenvalue weighted by Crippen LogP contribution is -2.19. The Morgan fingerprint density at radius 1 is 0.844 bits per heavy atom. The Labute approximate surface area is 190 Å². The molecule has 1 aliphatic rings. The second-order valence-electron chi connectivity index (χ2n) is 8.39. The summed E-state index contributed by atoms with van der Waals surface area (Å²) in [7, 11) is -3.68.